The predicted octanol–water partition coefficient (Wildman–Crippen LogP) is 3.87. The van der Waals surface area contributed by atoms with E-state index in [0.717, 1.165) is 25.7 Å². The minimum Gasteiger partial charge on any atom is -0.462 e. The van der Waals surface area contributed by atoms with E-state index < -0.39 is 5.41 Å². The molecular weight excluding hydrogens is 268 g/mol. The molecule has 0 aromatic carbocycles. The first-order valence-electron chi connectivity index (χ1n) is 8.11. The number of ether oxygens (including phenoxy) is 2. The average molecular weight is 298 g/mol. The quantitative estimate of drug-likeness (QED) is 0.699. The summed E-state index contributed by atoms with van der Waals surface area (Å²) in [5.41, 5.74) is -0.485. The highest BCUT2D eigenvalue weighted by atomic mass is 16.5. The Morgan fingerprint density at radius 1 is 1.10 bits per heavy atom. The molecule has 0 aromatic heterocycles. The van der Waals surface area contributed by atoms with Crippen molar-refractivity contribution in [1.29, 1.82) is 0 Å². The molecule has 1 aliphatic rings. The number of esters is 2. The Morgan fingerprint density at radius 2 is 1.67 bits per heavy atom. The largest absolute Gasteiger partial charge is 0.462 e. The minimum absolute atomic E-state index is 0.115. The molecule has 4 heteroatoms. The molecule has 0 N–H and O–H groups in total. The SMILES string of the molecule is CC(CCC(C)C(=O)OC1CCCC1)OC(=O)C(C)(C)C. The lowest BCUT2D eigenvalue weighted by Gasteiger charge is -2.22. The zero-order chi connectivity index (χ0) is 16.0. The zero-order valence-electron chi connectivity index (χ0n) is 14.1. The van der Waals surface area contributed by atoms with Crippen LogP contribution in [0.3, 0.4) is 0 Å². The first-order valence-corrected chi connectivity index (χ1v) is 8.11. The molecular formula is C17H30O4. The van der Waals surface area contributed by atoms with Crippen molar-refractivity contribution in [2.24, 2.45) is 11.3 Å². The van der Waals surface area contributed by atoms with Crippen LogP contribution in [0.25, 0.3) is 0 Å². The van der Waals surface area contributed by atoms with Crippen molar-refractivity contribution in [2.45, 2.75) is 85.4 Å². The van der Waals surface area contributed by atoms with Crippen molar-refractivity contribution in [2.75, 3.05) is 0 Å². The molecule has 1 rings (SSSR count). The average Bonchev–Trinajstić information content (AvgIpc) is 2.87. The summed E-state index contributed by atoms with van der Waals surface area (Å²) in [4.78, 5) is 23.7. The molecule has 1 fully saturated rings. The van der Waals surface area contributed by atoms with Crippen LogP contribution in [0, 0.1) is 11.3 Å². The molecule has 0 spiro atoms. The summed E-state index contributed by atoms with van der Waals surface area (Å²) in [6.07, 6.45) is 5.64. The van der Waals surface area contributed by atoms with Crippen LogP contribution >= 0.6 is 0 Å². The normalized spacial score (nSPS) is 19.1. The first kappa shape index (κ1) is 18.0. The van der Waals surface area contributed by atoms with Gasteiger partial charge in [-0.3, -0.25) is 9.59 Å². The summed E-state index contributed by atoms with van der Waals surface area (Å²) >= 11 is 0. The van der Waals surface area contributed by atoms with Crippen LogP contribution in [-0.4, -0.2) is 24.1 Å². The van der Waals surface area contributed by atoms with Gasteiger partial charge in [0.15, 0.2) is 0 Å². The highest BCUT2D eigenvalue weighted by molar-refractivity contribution is 5.75. The number of carbonyl (C=O) groups excluding carboxylic acids is 2. The van der Waals surface area contributed by atoms with Gasteiger partial charge in [-0.1, -0.05) is 6.92 Å². The van der Waals surface area contributed by atoms with Crippen LogP contribution in [0.4, 0.5) is 0 Å². The molecule has 122 valence electrons. The van der Waals surface area contributed by atoms with E-state index in [9.17, 15) is 9.59 Å². The summed E-state index contributed by atoms with van der Waals surface area (Å²) in [6.45, 7) is 9.27. The van der Waals surface area contributed by atoms with Gasteiger partial charge in [0.25, 0.3) is 0 Å². The Bertz CT molecular complexity index is 350. The first-order chi connectivity index (χ1) is 9.70. The maximum Gasteiger partial charge on any atom is 0.311 e. The molecule has 2 atom stereocenters. The Balaban J connectivity index is 2.26. The van der Waals surface area contributed by atoms with E-state index in [1.165, 1.54) is 0 Å². The molecule has 1 aliphatic carbocycles. The van der Waals surface area contributed by atoms with E-state index in [-0.39, 0.29) is 30.1 Å². The van der Waals surface area contributed by atoms with Crippen molar-refractivity contribution in [3.8, 4) is 0 Å². The Hall–Kier alpha value is -1.06. The van der Waals surface area contributed by atoms with Crippen molar-refractivity contribution in [3.63, 3.8) is 0 Å². The van der Waals surface area contributed by atoms with Gasteiger partial charge in [0.2, 0.25) is 0 Å². The van der Waals surface area contributed by atoms with E-state index in [0.29, 0.717) is 12.8 Å². The number of rotatable bonds is 6. The van der Waals surface area contributed by atoms with Gasteiger partial charge in [0, 0.05) is 0 Å². The van der Waals surface area contributed by atoms with Crippen molar-refractivity contribution < 1.29 is 19.1 Å². The van der Waals surface area contributed by atoms with Crippen molar-refractivity contribution in [3.05, 3.63) is 0 Å². The second-order valence-corrected chi connectivity index (χ2v) is 7.29. The number of hydrogen-bond acceptors (Lipinski definition) is 4. The van der Waals surface area contributed by atoms with Crippen LogP contribution < -0.4 is 0 Å². The van der Waals surface area contributed by atoms with E-state index in [4.69, 9.17) is 9.47 Å². The molecule has 1 saturated carbocycles. The molecule has 0 saturated heterocycles. The number of hydrogen-bond donors (Lipinski definition) is 0. The van der Waals surface area contributed by atoms with Crippen molar-refractivity contribution in [1.82, 2.24) is 0 Å². The third kappa shape index (κ3) is 6.49. The summed E-state index contributed by atoms with van der Waals surface area (Å²) in [5, 5.41) is 0. The fourth-order valence-corrected chi connectivity index (χ4v) is 2.31. The highest BCUT2D eigenvalue weighted by Gasteiger charge is 2.26. The lowest BCUT2D eigenvalue weighted by Crippen LogP contribution is -2.28. The second kappa shape index (κ2) is 7.81. The molecule has 0 amide bonds. The van der Waals surface area contributed by atoms with Crippen LogP contribution in [0.5, 0.6) is 0 Å². The summed E-state index contributed by atoms with van der Waals surface area (Å²) in [7, 11) is 0. The van der Waals surface area contributed by atoms with Crippen LogP contribution in [0.15, 0.2) is 0 Å². The Labute approximate surface area is 128 Å². The topological polar surface area (TPSA) is 52.6 Å². The molecule has 0 radical (unpaired) electrons. The number of carbonyl (C=O) groups is 2. The van der Waals surface area contributed by atoms with Gasteiger partial charge < -0.3 is 9.47 Å². The molecule has 21 heavy (non-hydrogen) atoms. The van der Waals surface area contributed by atoms with Crippen LogP contribution in [0.1, 0.15) is 73.1 Å². The lowest BCUT2D eigenvalue weighted by molar-refractivity contribution is -0.158. The van der Waals surface area contributed by atoms with E-state index in [1.54, 1.807) is 0 Å². The summed E-state index contributed by atoms with van der Waals surface area (Å²) < 4.78 is 10.9. The van der Waals surface area contributed by atoms with Gasteiger partial charge in [-0.2, -0.15) is 0 Å². The van der Waals surface area contributed by atoms with Crippen LogP contribution in [-0.2, 0) is 19.1 Å². The predicted molar refractivity (Wildman–Crippen MR) is 81.8 cm³/mol. The standard InChI is InChI=1S/C17H30O4/c1-12(15(18)21-14-8-6-7-9-14)10-11-13(2)20-16(19)17(3,4)5/h12-14H,6-11H2,1-5H3. The maximum atomic E-state index is 12.0. The fraction of sp³-hybridized carbons (Fsp3) is 0.882. The third-order valence-electron chi connectivity index (χ3n) is 3.91. The second-order valence-electron chi connectivity index (χ2n) is 7.29. The Kier molecular flexibility index (Phi) is 6.69. The van der Waals surface area contributed by atoms with Gasteiger partial charge in [-0.25, -0.2) is 0 Å². The fourth-order valence-electron chi connectivity index (χ4n) is 2.31. The van der Waals surface area contributed by atoms with Gasteiger partial charge in [0.1, 0.15) is 6.10 Å². The van der Waals surface area contributed by atoms with Gasteiger partial charge in [0.05, 0.1) is 17.4 Å². The molecule has 0 aliphatic heterocycles. The molecule has 0 heterocycles. The van der Waals surface area contributed by atoms with E-state index >= 15 is 0 Å². The van der Waals surface area contributed by atoms with Gasteiger partial charge in [-0.05, 0) is 66.2 Å². The minimum atomic E-state index is -0.485. The Morgan fingerprint density at radius 3 is 2.19 bits per heavy atom. The molecule has 4 nitrogen and oxygen atoms in total. The highest BCUT2D eigenvalue weighted by Crippen LogP contribution is 2.23. The van der Waals surface area contributed by atoms with Crippen LogP contribution in [0.2, 0.25) is 0 Å². The molecule has 2 unspecified atom stereocenters. The van der Waals surface area contributed by atoms with E-state index in [1.807, 2.05) is 34.6 Å². The van der Waals surface area contributed by atoms with Gasteiger partial charge >= 0.3 is 11.9 Å². The molecule has 0 bridgehead atoms. The maximum absolute atomic E-state index is 12.0. The summed E-state index contributed by atoms with van der Waals surface area (Å²) in [6, 6.07) is 0. The third-order valence-corrected chi connectivity index (χ3v) is 3.91. The smallest absolute Gasteiger partial charge is 0.311 e. The monoisotopic (exact) mass is 298 g/mol. The zero-order valence-corrected chi connectivity index (χ0v) is 14.1. The van der Waals surface area contributed by atoms with Gasteiger partial charge in [-0.15, -0.1) is 0 Å². The summed E-state index contributed by atoms with van der Waals surface area (Å²) in [5.74, 6) is -0.450. The lowest BCUT2D eigenvalue weighted by atomic mass is 9.97. The van der Waals surface area contributed by atoms with Crippen molar-refractivity contribution >= 4 is 11.9 Å². The molecule has 0 aromatic rings. The van der Waals surface area contributed by atoms with E-state index in [2.05, 4.69) is 0 Å².